The molecule has 0 radical (unpaired) electrons. The number of pyridine rings is 1. The van der Waals surface area contributed by atoms with E-state index in [0.717, 1.165) is 10.9 Å². The number of amides is 1. The lowest BCUT2D eigenvalue weighted by molar-refractivity contribution is -0.129. The SMILES string of the molecule is C=CC(c1cccc2cccnc12)S(=O)(=O)N(CC(=O)N(CC)CC)c1ccc(C)cc1. The first-order valence-corrected chi connectivity index (χ1v) is 12.2. The minimum absolute atomic E-state index is 0.252. The first-order valence-electron chi connectivity index (χ1n) is 10.7. The second-order valence-corrected chi connectivity index (χ2v) is 9.51. The molecule has 168 valence electrons. The smallest absolute Gasteiger partial charge is 0.246 e. The fraction of sp³-hybridized carbons (Fsp3) is 0.280. The van der Waals surface area contributed by atoms with Gasteiger partial charge >= 0.3 is 0 Å². The molecule has 1 atom stereocenters. The van der Waals surface area contributed by atoms with Crippen LogP contribution in [-0.2, 0) is 14.8 Å². The van der Waals surface area contributed by atoms with Gasteiger partial charge < -0.3 is 4.90 Å². The Balaban J connectivity index is 2.13. The molecular formula is C25H29N3O3S. The second-order valence-electron chi connectivity index (χ2n) is 7.53. The molecule has 0 saturated carbocycles. The quantitative estimate of drug-likeness (QED) is 0.450. The van der Waals surface area contributed by atoms with Crippen molar-refractivity contribution in [1.29, 1.82) is 0 Å². The van der Waals surface area contributed by atoms with Crippen molar-refractivity contribution in [3.8, 4) is 0 Å². The number of aromatic nitrogens is 1. The molecule has 1 heterocycles. The van der Waals surface area contributed by atoms with Crippen LogP contribution in [0.5, 0.6) is 0 Å². The number of rotatable bonds is 9. The fourth-order valence-corrected chi connectivity index (χ4v) is 5.48. The van der Waals surface area contributed by atoms with Crippen LogP contribution in [0.4, 0.5) is 5.69 Å². The van der Waals surface area contributed by atoms with Gasteiger partial charge in [0.1, 0.15) is 11.8 Å². The number of carbonyl (C=O) groups excluding carboxylic acids is 1. The lowest BCUT2D eigenvalue weighted by Crippen LogP contribution is -2.44. The summed E-state index contributed by atoms with van der Waals surface area (Å²) in [5, 5.41) is -0.222. The molecule has 3 aromatic rings. The van der Waals surface area contributed by atoms with Gasteiger partial charge in [0.05, 0.1) is 11.2 Å². The van der Waals surface area contributed by atoms with Crippen LogP contribution < -0.4 is 4.31 Å². The maximum atomic E-state index is 14.0. The molecule has 1 aromatic heterocycles. The van der Waals surface area contributed by atoms with Gasteiger partial charge in [-0.15, -0.1) is 6.58 Å². The molecular weight excluding hydrogens is 422 g/mol. The zero-order valence-corrected chi connectivity index (χ0v) is 19.5. The van der Waals surface area contributed by atoms with E-state index in [1.165, 1.54) is 10.4 Å². The Morgan fingerprint density at radius 3 is 2.34 bits per heavy atom. The summed E-state index contributed by atoms with van der Waals surface area (Å²) in [6.07, 6.45) is 3.04. The van der Waals surface area contributed by atoms with Crippen molar-refractivity contribution in [3.05, 3.63) is 84.6 Å². The van der Waals surface area contributed by atoms with Crippen molar-refractivity contribution in [2.24, 2.45) is 0 Å². The van der Waals surface area contributed by atoms with Gasteiger partial charge in [0.25, 0.3) is 0 Å². The van der Waals surface area contributed by atoms with Crippen molar-refractivity contribution in [1.82, 2.24) is 9.88 Å². The van der Waals surface area contributed by atoms with Gasteiger partial charge in [0.15, 0.2) is 0 Å². The standard InChI is InChI=1S/C25H29N3O3S/c1-5-23(22-12-8-10-20-11-9-17-26-25(20)22)32(30,31)28(18-24(29)27(6-2)7-3)21-15-13-19(4)14-16-21/h5,8-17,23H,1,6-7,18H2,2-4H3. The third-order valence-electron chi connectivity index (χ3n) is 5.53. The summed E-state index contributed by atoms with van der Waals surface area (Å²) in [6.45, 7) is 10.2. The Morgan fingerprint density at radius 1 is 1.06 bits per heavy atom. The number of para-hydroxylation sites is 1. The van der Waals surface area contributed by atoms with E-state index in [1.54, 1.807) is 29.3 Å². The van der Waals surface area contributed by atoms with Crippen LogP contribution >= 0.6 is 0 Å². The van der Waals surface area contributed by atoms with Gasteiger partial charge in [0.2, 0.25) is 15.9 Å². The van der Waals surface area contributed by atoms with Crippen molar-refractivity contribution in [3.63, 3.8) is 0 Å². The Morgan fingerprint density at radius 2 is 1.72 bits per heavy atom. The molecule has 6 nitrogen and oxygen atoms in total. The summed E-state index contributed by atoms with van der Waals surface area (Å²) >= 11 is 0. The van der Waals surface area contributed by atoms with Gasteiger partial charge in [-0.3, -0.25) is 14.1 Å². The van der Waals surface area contributed by atoms with E-state index < -0.39 is 15.3 Å². The van der Waals surface area contributed by atoms with Crippen LogP contribution in [0.2, 0.25) is 0 Å². The first-order chi connectivity index (χ1) is 15.3. The van der Waals surface area contributed by atoms with Crippen molar-refractivity contribution in [2.45, 2.75) is 26.0 Å². The van der Waals surface area contributed by atoms with Gasteiger partial charge in [-0.05, 0) is 39.0 Å². The number of aryl methyl sites for hydroxylation is 1. The summed E-state index contributed by atoms with van der Waals surface area (Å²) in [5.41, 5.74) is 2.57. The number of hydrogen-bond donors (Lipinski definition) is 0. The molecule has 0 aliphatic carbocycles. The maximum absolute atomic E-state index is 14.0. The molecule has 7 heteroatoms. The van der Waals surface area contributed by atoms with E-state index >= 15 is 0 Å². The summed E-state index contributed by atoms with van der Waals surface area (Å²) in [5.74, 6) is -0.252. The molecule has 0 bridgehead atoms. The van der Waals surface area contributed by atoms with Crippen molar-refractivity contribution < 1.29 is 13.2 Å². The average Bonchev–Trinajstić information content (AvgIpc) is 2.79. The Labute approximate surface area is 190 Å². The van der Waals surface area contributed by atoms with Crippen LogP contribution in [0, 0.1) is 6.92 Å². The van der Waals surface area contributed by atoms with E-state index in [-0.39, 0.29) is 12.5 Å². The van der Waals surface area contributed by atoms with Crippen LogP contribution in [0.25, 0.3) is 10.9 Å². The van der Waals surface area contributed by atoms with Crippen molar-refractivity contribution in [2.75, 3.05) is 23.9 Å². The largest absolute Gasteiger partial charge is 0.342 e. The first kappa shape index (κ1) is 23.5. The summed E-state index contributed by atoms with van der Waals surface area (Å²) in [7, 11) is -4.04. The highest BCUT2D eigenvalue weighted by Gasteiger charge is 2.34. The van der Waals surface area contributed by atoms with Gasteiger partial charge in [-0.2, -0.15) is 0 Å². The topological polar surface area (TPSA) is 70.6 Å². The zero-order chi connectivity index (χ0) is 23.3. The molecule has 0 fully saturated rings. The van der Waals surface area contributed by atoms with Gasteiger partial charge in [-0.1, -0.05) is 48.0 Å². The summed E-state index contributed by atoms with van der Waals surface area (Å²) in [6, 6.07) is 16.3. The molecule has 0 N–H and O–H groups in total. The number of carbonyl (C=O) groups is 1. The molecule has 1 amide bonds. The number of likely N-dealkylation sites (N-methyl/N-ethyl adjacent to an activating group) is 1. The van der Waals surface area contributed by atoms with Crippen molar-refractivity contribution >= 4 is 32.5 Å². The van der Waals surface area contributed by atoms with E-state index in [4.69, 9.17) is 0 Å². The highest BCUT2D eigenvalue weighted by molar-refractivity contribution is 7.93. The maximum Gasteiger partial charge on any atom is 0.246 e. The highest BCUT2D eigenvalue weighted by atomic mass is 32.2. The Kier molecular flexibility index (Phi) is 7.30. The third kappa shape index (κ3) is 4.67. The van der Waals surface area contributed by atoms with E-state index in [9.17, 15) is 13.2 Å². The average molecular weight is 452 g/mol. The van der Waals surface area contributed by atoms with Crippen LogP contribution in [0.3, 0.4) is 0 Å². The van der Waals surface area contributed by atoms with Crippen LogP contribution in [0.15, 0.2) is 73.4 Å². The Hall–Kier alpha value is -3.19. The molecule has 2 aromatic carbocycles. The molecule has 0 aliphatic heterocycles. The lowest BCUT2D eigenvalue weighted by Gasteiger charge is -2.30. The molecule has 0 saturated heterocycles. The molecule has 3 rings (SSSR count). The minimum Gasteiger partial charge on any atom is -0.342 e. The van der Waals surface area contributed by atoms with Gasteiger partial charge in [0, 0.05) is 30.2 Å². The number of hydrogen-bond acceptors (Lipinski definition) is 4. The monoisotopic (exact) mass is 451 g/mol. The van der Waals surface area contributed by atoms with E-state index in [2.05, 4.69) is 11.6 Å². The second kappa shape index (κ2) is 9.96. The van der Waals surface area contributed by atoms with E-state index in [1.807, 2.05) is 57.2 Å². The molecule has 0 spiro atoms. The molecule has 32 heavy (non-hydrogen) atoms. The number of benzene rings is 2. The normalized spacial score (nSPS) is 12.3. The number of fused-ring (bicyclic) bond motifs is 1. The molecule has 1 unspecified atom stereocenters. The third-order valence-corrected chi connectivity index (χ3v) is 7.57. The minimum atomic E-state index is -4.04. The summed E-state index contributed by atoms with van der Waals surface area (Å²) < 4.78 is 29.2. The number of anilines is 1. The van der Waals surface area contributed by atoms with Crippen LogP contribution in [0.1, 0.15) is 30.2 Å². The van der Waals surface area contributed by atoms with Gasteiger partial charge in [-0.25, -0.2) is 8.42 Å². The summed E-state index contributed by atoms with van der Waals surface area (Å²) in [4.78, 5) is 19.0. The predicted molar refractivity (Wildman–Crippen MR) is 130 cm³/mol. The van der Waals surface area contributed by atoms with E-state index in [0.29, 0.717) is 29.9 Å². The lowest BCUT2D eigenvalue weighted by atomic mass is 10.1. The fourth-order valence-electron chi connectivity index (χ4n) is 3.74. The zero-order valence-electron chi connectivity index (χ0n) is 18.7. The van der Waals surface area contributed by atoms with Crippen LogP contribution in [-0.4, -0.2) is 43.8 Å². The number of sulfonamides is 1. The highest BCUT2D eigenvalue weighted by Crippen LogP contribution is 2.34. The number of nitrogens with zero attached hydrogens (tertiary/aromatic N) is 3. The Bertz CT molecular complexity index is 1200. The molecule has 0 aliphatic rings. The predicted octanol–water partition coefficient (Wildman–Crippen LogP) is 4.48.